The third-order valence-corrected chi connectivity index (χ3v) is 5.59. The fraction of sp³-hybridized carbons (Fsp3) is 0.423. The first kappa shape index (κ1) is 25.2. The van der Waals surface area contributed by atoms with E-state index in [0.29, 0.717) is 60.7 Å². The van der Waals surface area contributed by atoms with E-state index in [0.717, 1.165) is 22.2 Å². The maximum atomic E-state index is 12.0. The number of aryl methyl sites for hydroxylation is 2. The summed E-state index contributed by atoms with van der Waals surface area (Å²) in [6.07, 6.45) is 3.32. The van der Waals surface area contributed by atoms with Gasteiger partial charge < -0.3 is 20.2 Å². The van der Waals surface area contributed by atoms with Crippen LogP contribution in [0.5, 0.6) is 5.75 Å². The summed E-state index contributed by atoms with van der Waals surface area (Å²) in [5, 5.41) is 5.98. The van der Waals surface area contributed by atoms with E-state index in [2.05, 4.69) is 15.1 Å². The molecule has 4 aromatic rings. The molecule has 0 radical (unpaired) electrons. The number of rotatable bonds is 9. The summed E-state index contributed by atoms with van der Waals surface area (Å²) >= 11 is 0. The number of primary amides is 1. The molecule has 4 rings (SSSR count). The number of hydrogen-bond donors (Lipinski definition) is 2. The number of unbranched alkanes of at least 4 members (excludes halogenated alkanes) is 1. The summed E-state index contributed by atoms with van der Waals surface area (Å²) in [4.78, 5) is 36.5. The molecule has 3 N–H and O–H groups in total. The van der Waals surface area contributed by atoms with Crippen molar-refractivity contribution in [1.29, 1.82) is 0 Å². The molecule has 0 saturated heterocycles. The smallest absolute Gasteiger partial charge is 0.306 e. The Kier molecular flexibility index (Phi) is 6.96. The van der Waals surface area contributed by atoms with E-state index >= 15 is 0 Å². The molecule has 1 amide bonds. The zero-order valence-electron chi connectivity index (χ0n) is 21.3. The van der Waals surface area contributed by atoms with Crippen LogP contribution in [0.3, 0.4) is 0 Å². The highest BCUT2D eigenvalue weighted by Gasteiger charge is 2.18. The number of ether oxygens (including phenoxy) is 2. The van der Waals surface area contributed by atoms with Crippen LogP contribution in [0.2, 0.25) is 0 Å². The second-order valence-corrected chi connectivity index (χ2v) is 9.72. The quantitative estimate of drug-likeness (QED) is 0.262. The lowest BCUT2D eigenvalue weighted by molar-refractivity contribution is -0.154. The monoisotopic (exact) mass is 492 g/mol. The fourth-order valence-corrected chi connectivity index (χ4v) is 4.04. The average molecular weight is 493 g/mol. The van der Waals surface area contributed by atoms with Gasteiger partial charge in [-0.15, -0.1) is 0 Å². The Balaban J connectivity index is 1.59. The van der Waals surface area contributed by atoms with Gasteiger partial charge in [0.05, 0.1) is 17.8 Å². The molecule has 10 nitrogen and oxygen atoms in total. The van der Waals surface area contributed by atoms with Gasteiger partial charge in [0.1, 0.15) is 22.7 Å². The van der Waals surface area contributed by atoms with E-state index in [9.17, 15) is 9.59 Å². The molecule has 0 aliphatic heterocycles. The lowest BCUT2D eigenvalue weighted by Crippen LogP contribution is -2.23. The minimum absolute atomic E-state index is 0.231. The number of nitrogens with one attached hydrogen (secondary N) is 1. The van der Waals surface area contributed by atoms with Crippen molar-refractivity contribution in [2.75, 3.05) is 6.61 Å². The number of aromatic nitrogens is 5. The molecule has 0 fully saturated rings. The van der Waals surface area contributed by atoms with Crippen LogP contribution in [-0.4, -0.2) is 48.8 Å². The highest BCUT2D eigenvalue weighted by molar-refractivity contribution is 6.11. The van der Waals surface area contributed by atoms with E-state index in [1.165, 1.54) is 0 Å². The zero-order valence-corrected chi connectivity index (χ0v) is 21.3. The molecule has 3 heterocycles. The van der Waals surface area contributed by atoms with Crippen LogP contribution < -0.4 is 10.5 Å². The van der Waals surface area contributed by atoms with Crippen molar-refractivity contribution in [1.82, 2.24) is 24.7 Å². The number of amides is 1. The van der Waals surface area contributed by atoms with Gasteiger partial charge in [0.15, 0.2) is 5.82 Å². The van der Waals surface area contributed by atoms with Crippen molar-refractivity contribution < 1.29 is 19.1 Å². The van der Waals surface area contributed by atoms with Gasteiger partial charge in [-0.2, -0.15) is 5.10 Å². The minimum Gasteiger partial charge on any atom is -0.491 e. The van der Waals surface area contributed by atoms with Gasteiger partial charge in [0, 0.05) is 35.5 Å². The van der Waals surface area contributed by atoms with Crippen molar-refractivity contribution in [3.8, 4) is 17.3 Å². The standard InChI is InChI=1S/C26H32N6O4/c1-6-32-19(11-15(2)31-32)25-28-14-18-17-12-16(23(27)34)13-20(22(17)29-24(18)30-25)35-10-8-7-9-21(33)36-26(3,4)5/h11-14H,6-10H2,1-5H3,(H2,27,34)(H,28,29,30). The van der Waals surface area contributed by atoms with E-state index in [1.807, 2.05) is 45.4 Å². The summed E-state index contributed by atoms with van der Waals surface area (Å²) in [5.41, 5.74) is 8.45. The van der Waals surface area contributed by atoms with Crippen LogP contribution in [0.25, 0.3) is 33.5 Å². The van der Waals surface area contributed by atoms with Gasteiger partial charge in [-0.05, 0) is 65.7 Å². The number of carbonyl (C=O) groups is 2. The van der Waals surface area contributed by atoms with Gasteiger partial charge in [-0.25, -0.2) is 9.97 Å². The fourth-order valence-electron chi connectivity index (χ4n) is 4.04. The number of esters is 1. The Hall–Kier alpha value is -3.95. The molecule has 0 saturated carbocycles. The lowest BCUT2D eigenvalue weighted by atomic mass is 10.1. The van der Waals surface area contributed by atoms with Crippen LogP contribution in [0, 0.1) is 6.92 Å². The first-order valence-corrected chi connectivity index (χ1v) is 12.1. The summed E-state index contributed by atoms with van der Waals surface area (Å²) in [6.45, 7) is 10.5. The third-order valence-electron chi connectivity index (χ3n) is 5.59. The first-order chi connectivity index (χ1) is 17.1. The van der Waals surface area contributed by atoms with Crippen molar-refractivity contribution in [3.05, 3.63) is 35.7 Å². The van der Waals surface area contributed by atoms with Crippen LogP contribution in [0.15, 0.2) is 24.4 Å². The third kappa shape index (κ3) is 5.48. The summed E-state index contributed by atoms with van der Waals surface area (Å²) in [5.74, 6) is 0.259. The van der Waals surface area contributed by atoms with Crippen molar-refractivity contribution in [2.24, 2.45) is 5.73 Å². The topological polar surface area (TPSA) is 138 Å². The summed E-state index contributed by atoms with van der Waals surface area (Å²) < 4.78 is 13.2. The molecule has 0 aliphatic rings. The number of hydrogen-bond acceptors (Lipinski definition) is 7. The molecule has 0 bridgehead atoms. The Morgan fingerprint density at radius 2 is 1.92 bits per heavy atom. The highest BCUT2D eigenvalue weighted by Crippen LogP contribution is 2.33. The number of aromatic amines is 1. The lowest BCUT2D eigenvalue weighted by Gasteiger charge is -2.19. The predicted molar refractivity (Wildman–Crippen MR) is 137 cm³/mol. The highest BCUT2D eigenvalue weighted by atomic mass is 16.6. The Bertz CT molecular complexity index is 1430. The molecule has 10 heteroatoms. The molecule has 0 spiro atoms. The van der Waals surface area contributed by atoms with Gasteiger partial charge in [0.2, 0.25) is 5.91 Å². The SMILES string of the molecule is CCn1nc(C)cc1-c1ncc2c(n1)[nH]c1c(OCCCCC(=O)OC(C)(C)C)cc(C(N)=O)cc12. The minimum atomic E-state index is -0.555. The Morgan fingerprint density at radius 1 is 1.14 bits per heavy atom. The molecule has 190 valence electrons. The number of fused-ring (bicyclic) bond motifs is 3. The van der Waals surface area contributed by atoms with Crippen LogP contribution in [0.4, 0.5) is 0 Å². The normalized spacial score (nSPS) is 11.8. The van der Waals surface area contributed by atoms with E-state index in [1.54, 1.807) is 18.3 Å². The zero-order chi connectivity index (χ0) is 26.0. The number of carbonyl (C=O) groups excluding carboxylic acids is 2. The van der Waals surface area contributed by atoms with E-state index in [4.69, 9.17) is 20.2 Å². The molecule has 36 heavy (non-hydrogen) atoms. The van der Waals surface area contributed by atoms with Crippen LogP contribution in [-0.2, 0) is 16.1 Å². The van der Waals surface area contributed by atoms with Crippen LogP contribution >= 0.6 is 0 Å². The second-order valence-electron chi connectivity index (χ2n) is 9.72. The molecule has 1 aromatic carbocycles. The number of benzene rings is 1. The maximum Gasteiger partial charge on any atom is 0.306 e. The second kappa shape index (κ2) is 9.96. The van der Waals surface area contributed by atoms with Gasteiger partial charge >= 0.3 is 5.97 Å². The van der Waals surface area contributed by atoms with E-state index in [-0.39, 0.29) is 5.97 Å². The van der Waals surface area contributed by atoms with Crippen molar-refractivity contribution in [3.63, 3.8) is 0 Å². The number of nitrogens with zero attached hydrogens (tertiary/aromatic N) is 4. The van der Waals surface area contributed by atoms with E-state index < -0.39 is 11.5 Å². The number of nitrogens with two attached hydrogens (primary N) is 1. The van der Waals surface area contributed by atoms with Gasteiger partial charge in [-0.1, -0.05) is 0 Å². The largest absolute Gasteiger partial charge is 0.491 e. The predicted octanol–water partition coefficient (Wildman–Crippen LogP) is 4.29. The summed E-state index contributed by atoms with van der Waals surface area (Å²) in [7, 11) is 0. The molecule has 3 aromatic heterocycles. The molecular weight excluding hydrogens is 460 g/mol. The molecule has 0 aliphatic carbocycles. The van der Waals surface area contributed by atoms with Crippen molar-refractivity contribution in [2.45, 2.75) is 66.0 Å². The molecule has 0 unspecified atom stereocenters. The Labute approximate surface area is 209 Å². The number of H-pyrrole nitrogens is 1. The van der Waals surface area contributed by atoms with Gasteiger partial charge in [0.25, 0.3) is 0 Å². The van der Waals surface area contributed by atoms with Gasteiger partial charge in [-0.3, -0.25) is 14.3 Å². The Morgan fingerprint density at radius 3 is 2.61 bits per heavy atom. The summed E-state index contributed by atoms with van der Waals surface area (Å²) in [6, 6.07) is 5.29. The van der Waals surface area contributed by atoms with Crippen molar-refractivity contribution >= 4 is 33.8 Å². The average Bonchev–Trinajstić information content (AvgIpc) is 3.36. The molecule has 0 atom stereocenters. The van der Waals surface area contributed by atoms with Crippen LogP contribution in [0.1, 0.15) is 63.0 Å². The maximum absolute atomic E-state index is 12.0. The molecular formula is C26H32N6O4. The first-order valence-electron chi connectivity index (χ1n) is 12.1.